The van der Waals surface area contributed by atoms with Crippen LogP contribution in [0.4, 0.5) is 5.69 Å². The van der Waals surface area contributed by atoms with Gasteiger partial charge >= 0.3 is 0 Å². The Labute approximate surface area is 123 Å². The zero-order chi connectivity index (χ0) is 13.5. The Morgan fingerprint density at radius 1 is 1.37 bits per heavy atom. The van der Waals surface area contributed by atoms with Crippen molar-refractivity contribution in [3.63, 3.8) is 0 Å². The van der Waals surface area contributed by atoms with Gasteiger partial charge in [0.05, 0.1) is 17.3 Å². The molecule has 0 bridgehead atoms. The van der Waals surface area contributed by atoms with E-state index in [4.69, 9.17) is 11.6 Å². The molecule has 1 aromatic rings. The second-order valence-corrected chi connectivity index (χ2v) is 6.46. The lowest BCUT2D eigenvalue weighted by Gasteiger charge is -2.21. The molecule has 0 aromatic heterocycles. The van der Waals surface area contributed by atoms with E-state index in [0.29, 0.717) is 22.5 Å². The number of rotatable bonds is 5. The summed E-state index contributed by atoms with van der Waals surface area (Å²) in [4.78, 5) is 11.8. The average Bonchev–Trinajstić information content (AvgIpc) is 2.43. The van der Waals surface area contributed by atoms with Gasteiger partial charge in [-0.05, 0) is 30.7 Å². The first-order valence-corrected chi connectivity index (χ1v) is 8.05. The van der Waals surface area contributed by atoms with E-state index in [0.717, 1.165) is 6.54 Å². The fraction of sp³-hybridized carbons (Fsp3) is 0.500. The molecular weight excluding hydrogens is 280 g/mol. The van der Waals surface area contributed by atoms with Crippen LogP contribution in [0, 0.1) is 0 Å². The Hall–Kier alpha value is -0.710. The van der Waals surface area contributed by atoms with Crippen molar-refractivity contribution < 1.29 is 4.79 Å². The van der Waals surface area contributed by atoms with Crippen molar-refractivity contribution in [2.24, 2.45) is 0 Å². The van der Waals surface area contributed by atoms with Crippen molar-refractivity contribution >= 4 is 35.0 Å². The predicted octanol–water partition coefficient (Wildman–Crippen LogP) is 3.15. The summed E-state index contributed by atoms with van der Waals surface area (Å²) in [6, 6.07) is 7.27. The fourth-order valence-corrected chi connectivity index (χ4v) is 3.53. The topological polar surface area (TPSA) is 41.1 Å². The zero-order valence-electron chi connectivity index (χ0n) is 10.8. The monoisotopic (exact) mass is 298 g/mol. The number of thioether (sulfide) groups is 1. The van der Waals surface area contributed by atoms with Gasteiger partial charge in [0.25, 0.3) is 0 Å². The van der Waals surface area contributed by atoms with E-state index in [9.17, 15) is 4.79 Å². The van der Waals surface area contributed by atoms with Crippen LogP contribution in [0.1, 0.15) is 19.3 Å². The summed E-state index contributed by atoms with van der Waals surface area (Å²) in [6.07, 6.45) is 3.89. The summed E-state index contributed by atoms with van der Waals surface area (Å²) < 4.78 is 0. The van der Waals surface area contributed by atoms with Crippen molar-refractivity contribution in [2.45, 2.75) is 24.5 Å². The lowest BCUT2D eigenvalue weighted by atomic mass is 10.2. The molecule has 19 heavy (non-hydrogen) atoms. The van der Waals surface area contributed by atoms with Gasteiger partial charge in [0, 0.05) is 11.8 Å². The van der Waals surface area contributed by atoms with Crippen molar-refractivity contribution in [1.82, 2.24) is 5.32 Å². The van der Waals surface area contributed by atoms with Crippen LogP contribution in [0.3, 0.4) is 0 Å². The highest BCUT2D eigenvalue weighted by molar-refractivity contribution is 7.99. The molecule has 1 saturated heterocycles. The molecule has 1 fully saturated rings. The quantitative estimate of drug-likeness (QED) is 0.877. The maximum atomic E-state index is 11.8. The molecule has 2 N–H and O–H groups in total. The summed E-state index contributed by atoms with van der Waals surface area (Å²) in [5, 5.41) is 7.25. The largest absolute Gasteiger partial charge is 0.324 e. The average molecular weight is 299 g/mol. The van der Waals surface area contributed by atoms with Gasteiger partial charge in [-0.25, -0.2) is 0 Å². The molecule has 0 spiro atoms. The number of hydrogen-bond donors (Lipinski definition) is 2. The lowest BCUT2D eigenvalue weighted by molar-refractivity contribution is -0.115. The number of hydrogen-bond acceptors (Lipinski definition) is 3. The predicted molar refractivity (Wildman–Crippen MR) is 83.0 cm³/mol. The third-order valence-corrected chi connectivity index (χ3v) is 4.81. The summed E-state index contributed by atoms with van der Waals surface area (Å²) in [5.41, 5.74) is 0.669. The van der Waals surface area contributed by atoms with Crippen LogP contribution >= 0.6 is 23.4 Å². The zero-order valence-corrected chi connectivity index (χ0v) is 12.4. The van der Waals surface area contributed by atoms with Crippen LogP contribution in [0.25, 0.3) is 0 Å². The molecule has 0 radical (unpaired) electrons. The van der Waals surface area contributed by atoms with Gasteiger partial charge < -0.3 is 10.6 Å². The molecule has 1 aliphatic heterocycles. The molecule has 0 saturated carbocycles. The van der Waals surface area contributed by atoms with E-state index in [1.165, 1.54) is 25.0 Å². The van der Waals surface area contributed by atoms with Gasteiger partial charge in [-0.15, -0.1) is 0 Å². The summed E-state index contributed by atoms with van der Waals surface area (Å²) in [7, 11) is 0. The first-order valence-electron chi connectivity index (χ1n) is 6.62. The first kappa shape index (κ1) is 14.7. The highest BCUT2D eigenvalue weighted by Gasteiger charge is 2.13. The number of anilines is 1. The van der Waals surface area contributed by atoms with Crippen molar-refractivity contribution in [3.8, 4) is 0 Å². The van der Waals surface area contributed by atoms with E-state index < -0.39 is 0 Å². The number of amides is 1. The van der Waals surface area contributed by atoms with Gasteiger partial charge in [-0.3, -0.25) is 4.79 Å². The maximum Gasteiger partial charge on any atom is 0.238 e. The van der Waals surface area contributed by atoms with Crippen molar-refractivity contribution in [3.05, 3.63) is 29.3 Å². The minimum absolute atomic E-state index is 0.0473. The highest BCUT2D eigenvalue weighted by atomic mass is 35.5. The summed E-state index contributed by atoms with van der Waals surface area (Å²) in [5.74, 6) is 1.20. The molecule has 3 nitrogen and oxygen atoms in total. The van der Waals surface area contributed by atoms with Crippen LogP contribution in [0.2, 0.25) is 5.02 Å². The second kappa shape index (κ2) is 7.78. The van der Waals surface area contributed by atoms with Crippen molar-refractivity contribution in [2.75, 3.05) is 24.2 Å². The Kier molecular flexibility index (Phi) is 6.01. The Morgan fingerprint density at radius 3 is 2.95 bits per heavy atom. The molecule has 1 aliphatic rings. The molecule has 104 valence electrons. The normalized spacial score (nSPS) is 19.1. The number of benzene rings is 1. The number of halogens is 1. The van der Waals surface area contributed by atoms with Crippen molar-refractivity contribution in [1.29, 1.82) is 0 Å². The fourth-order valence-electron chi connectivity index (χ4n) is 2.07. The maximum absolute atomic E-state index is 11.8. The van der Waals surface area contributed by atoms with E-state index >= 15 is 0 Å². The van der Waals surface area contributed by atoms with Gasteiger partial charge in [-0.1, -0.05) is 30.2 Å². The van der Waals surface area contributed by atoms with Gasteiger partial charge in [-0.2, -0.15) is 11.8 Å². The van der Waals surface area contributed by atoms with Crippen LogP contribution in [-0.4, -0.2) is 30.0 Å². The molecular formula is C14H19ClN2OS. The molecule has 1 unspecified atom stereocenters. The Bertz CT molecular complexity index is 422. The first-order chi connectivity index (χ1) is 9.25. The summed E-state index contributed by atoms with van der Waals surface area (Å²) >= 11 is 7.99. The Balaban J connectivity index is 1.68. The summed E-state index contributed by atoms with van der Waals surface area (Å²) in [6.45, 7) is 1.24. The smallest absolute Gasteiger partial charge is 0.238 e. The van der Waals surface area contributed by atoms with Crippen LogP contribution in [-0.2, 0) is 4.79 Å². The molecule has 1 heterocycles. The van der Waals surface area contributed by atoms with E-state index in [2.05, 4.69) is 10.6 Å². The highest BCUT2D eigenvalue weighted by Crippen LogP contribution is 2.24. The SMILES string of the molecule is O=C(CNCC1CCCCS1)Nc1ccccc1Cl. The minimum atomic E-state index is -0.0473. The third-order valence-electron chi connectivity index (χ3n) is 3.08. The van der Waals surface area contributed by atoms with E-state index in [1.807, 2.05) is 23.9 Å². The number of nitrogens with one attached hydrogen (secondary N) is 2. The molecule has 0 aliphatic carbocycles. The molecule has 2 rings (SSSR count). The van der Waals surface area contributed by atoms with E-state index in [-0.39, 0.29) is 5.91 Å². The molecule has 5 heteroatoms. The van der Waals surface area contributed by atoms with Crippen LogP contribution in [0.15, 0.2) is 24.3 Å². The number of para-hydroxylation sites is 1. The Morgan fingerprint density at radius 2 is 2.21 bits per heavy atom. The lowest BCUT2D eigenvalue weighted by Crippen LogP contribution is -2.33. The minimum Gasteiger partial charge on any atom is -0.324 e. The van der Waals surface area contributed by atoms with Gasteiger partial charge in [0.2, 0.25) is 5.91 Å². The standard InChI is InChI=1S/C14H19ClN2OS/c15-12-6-1-2-7-13(12)17-14(18)10-16-9-11-5-3-4-8-19-11/h1-2,6-7,11,16H,3-5,8-10H2,(H,17,18). The number of carbonyl (C=O) groups excluding carboxylic acids is 1. The molecule has 1 aromatic carbocycles. The van der Waals surface area contributed by atoms with Gasteiger partial charge in [0.1, 0.15) is 0 Å². The van der Waals surface area contributed by atoms with E-state index in [1.54, 1.807) is 12.1 Å². The third kappa shape index (κ3) is 5.05. The second-order valence-electron chi connectivity index (χ2n) is 4.65. The van der Waals surface area contributed by atoms with Crippen LogP contribution in [0.5, 0.6) is 0 Å². The number of carbonyl (C=O) groups is 1. The van der Waals surface area contributed by atoms with Crippen LogP contribution < -0.4 is 10.6 Å². The molecule has 1 atom stereocenters. The molecule has 1 amide bonds. The van der Waals surface area contributed by atoms with Gasteiger partial charge in [0.15, 0.2) is 0 Å².